The van der Waals surface area contributed by atoms with Crippen LogP contribution >= 0.6 is 11.3 Å². The maximum absolute atomic E-state index is 12.6. The monoisotopic (exact) mass is 292 g/mol. The first kappa shape index (κ1) is 15.2. The molecule has 2 aromatic heterocycles. The van der Waals surface area contributed by atoms with Crippen molar-refractivity contribution in [3.63, 3.8) is 0 Å². The minimum absolute atomic E-state index is 0.131. The first-order chi connectivity index (χ1) is 9.58. The molecule has 1 atom stereocenters. The second-order valence-electron chi connectivity index (χ2n) is 5.58. The quantitative estimate of drug-likeness (QED) is 0.796. The number of unbranched alkanes of at least 4 members (excludes halogenated alkanes) is 1. The highest BCUT2D eigenvalue weighted by Crippen LogP contribution is 2.25. The van der Waals surface area contributed by atoms with Gasteiger partial charge < -0.3 is 0 Å². The molecular formula is C16H24N2OS. The van der Waals surface area contributed by atoms with E-state index in [0.717, 1.165) is 28.7 Å². The number of aryl methyl sites for hydroxylation is 2. The van der Waals surface area contributed by atoms with Crippen molar-refractivity contribution in [1.82, 2.24) is 9.55 Å². The Hall–Kier alpha value is -1.16. The van der Waals surface area contributed by atoms with Crippen molar-refractivity contribution < 1.29 is 0 Å². The first-order valence-electron chi connectivity index (χ1n) is 7.53. The number of hydrogen-bond acceptors (Lipinski definition) is 3. The van der Waals surface area contributed by atoms with E-state index in [2.05, 4.69) is 25.8 Å². The third-order valence-corrected chi connectivity index (χ3v) is 5.27. The van der Waals surface area contributed by atoms with Gasteiger partial charge in [-0.1, -0.05) is 33.1 Å². The van der Waals surface area contributed by atoms with Gasteiger partial charge in [0.15, 0.2) is 0 Å². The van der Waals surface area contributed by atoms with Gasteiger partial charge in [0, 0.05) is 11.4 Å². The van der Waals surface area contributed by atoms with E-state index >= 15 is 0 Å². The third kappa shape index (κ3) is 2.95. The summed E-state index contributed by atoms with van der Waals surface area (Å²) in [6.45, 7) is 9.30. The Bertz CT molecular complexity index is 642. The molecule has 0 amide bonds. The van der Waals surface area contributed by atoms with Crippen molar-refractivity contribution in [3.05, 3.63) is 27.1 Å². The number of rotatable bonds is 6. The Kier molecular flexibility index (Phi) is 4.97. The van der Waals surface area contributed by atoms with E-state index in [1.807, 2.05) is 11.5 Å². The molecule has 0 spiro atoms. The van der Waals surface area contributed by atoms with Crippen molar-refractivity contribution in [3.8, 4) is 0 Å². The lowest BCUT2D eigenvalue weighted by Crippen LogP contribution is -2.24. The Morgan fingerprint density at radius 3 is 2.75 bits per heavy atom. The summed E-state index contributed by atoms with van der Waals surface area (Å²) in [5.41, 5.74) is 1.23. The van der Waals surface area contributed by atoms with Gasteiger partial charge in [0.1, 0.15) is 4.83 Å². The standard InChI is InChI=1S/C16H24N2OS/c1-5-7-8-13(6-2)9-18-10-17-15-14(16(18)19)11(3)12(4)20-15/h10,13H,5-9H2,1-4H3. The van der Waals surface area contributed by atoms with E-state index in [4.69, 9.17) is 0 Å². The maximum Gasteiger partial charge on any atom is 0.262 e. The van der Waals surface area contributed by atoms with Gasteiger partial charge in [0.25, 0.3) is 5.56 Å². The summed E-state index contributed by atoms with van der Waals surface area (Å²) < 4.78 is 1.81. The molecule has 110 valence electrons. The number of nitrogens with zero attached hydrogens (tertiary/aromatic N) is 2. The van der Waals surface area contributed by atoms with Gasteiger partial charge in [-0.15, -0.1) is 11.3 Å². The van der Waals surface area contributed by atoms with E-state index in [9.17, 15) is 4.79 Å². The first-order valence-corrected chi connectivity index (χ1v) is 8.35. The van der Waals surface area contributed by atoms with Crippen LogP contribution in [0.5, 0.6) is 0 Å². The van der Waals surface area contributed by atoms with Crippen LogP contribution in [0.15, 0.2) is 11.1 Å². The van der Waals surface area contributed by atoms with Crippen molar-refractivity contribution in [1.29, 1.82) is 0 Å². The SMILES string of the molecule is CCCCC(CC)Cn1cnc2sc(C)c(C)c2c1=O. The van der Waals surface area contributed by atoms with Crippen LogP contribution in [0.3, 0.4) is 0 Å². The molecule has 0 radical (unpaired) electrons. The van der Waals surface area contributed by atoms with Crippen LogP contribution in [0.2, 0.25) is 0 Å². The highest BCUT2D eigenvalue weighted by molar-refractivity contribution is 7.18. The maximum atomic E-state index is 12.6. The summed E-state index contributed by atoms with van der Waals surface area (Å²) in [4.78, 5) is 19.2. The van der Waals surface area contributed by atoms with Gasteiger partial charge in [-0.05, 0) is 31.7 Å². The lowest BCUT2D eigenvalue weighted by molar-refractivity contribution is 0.384. The molecule has 0 aliphatic heterocycles. The van der Waals surface area contributed by atoms with E-state index < -0.39 is 0 Å². The summed E-state index contributed by atoms with van der Waals surface area (Å²) in [7, 11) is 0. The number of aromatic nitrogens is 2. The molecule has 3 nitrogen and oxygen atoms in total. The van der Waals surface area contributed by atoms with Crippen molar-refractivity contribution in [2.45, 2.75) is 59.9 Å². The molecule has 0 bridgehead atoms. The zero-order valence-corrected chi connectivity index (χ0v) is 13.7. The lowest BCUT2D eigenvalue weighted by Gasteiger charge is -2.15. The molecule has 0 N–H and O–H groups in total. The number of fused-ring (bicyclic) bond motifs is 1. The van der Waals surface area contributed by atoms with Crippen LogP contribution in [0, 0.1) is 19.8 Å². The van der Waals surface area contributed by atoms with E-state index in [1.165, 1.54) is 24.1 Å². The molecule has 0 aromatic carbocycles. The van der Waals surface area contributed by atoms with Gasteiger partial charge >= 0.3 is 0 Å². The molecular weight excluding hydrogens is 268 g/mol. The third-order valence-electron chi connectivity index (χ3n) is 4.15. The normalized spacial score (nSPS) is 13.0. The summed E-state index contributed by atoms with van der Waals surface area (Å²) >= 11 is 1.62. The zero-order valence-electron chi connectivity index (χ0n) is 12.9. The average molecular weight is 292 g/mol. The highest BCUT2D eigenvalue weighted by Gasteiger charge is 2.14. The van der Waals surface area contributed by atoms with Crippen LogP contribution in [0.25, 0.3) is 10.2 Å². The Morgan fingerprint density at radius 2 is 2.10 bits per heavy atom. The van der Waals surface area contributed by atoms with Crippen molar-refractivity contribution in [2.75, 3.05) is 0 Å². The van der Waals surface area contributed by atoms with Gasteiger partial charge in [-0.25, -0.2) is 4.98 Å². The average Bonchev–Trinajstić information content (AvgIpc) is 2.73. The zero-order chi connectivity index (χ0) is 14.7. The molecule has 0 aliphatic rings. The van der Waals surface area contributed by atoms with Crippen molar-refractivity contribution >= 4 is 21.6 Å². The largest absolute Gasteiger partial charge is 0.298 e. The van der Waals surface area contributed by atoms with Gasteiger partial charge in [0.05, 0.1) is 11.7 Å². The Labute approximate surface area is 124 Å². The molecule has 0 fully saturated rings. The predicted molar refractivity (Wildman–Crippen MR) is 86.7 cm³/mol. The van der Waals surface area contributed by atoms with Crippen molar-refractivity contribution in [2.24, 2.45) is 5.92 Å². The van der Waals surface area contributed by atoms with Crippen LogP contribution in [0.4, 0.5) is 0 Å². The second-order valence-corrected chi connectivity index (χ2v) is 6.79. The van der Waals surface area contributed by atoms with Gasteiger partial charge in [-0.3, -0.25) is 9.36 Å². The number of thiophene rings is 1. The molecule has 1 unspecified atom stereocenters. The number of hydrogen-bond donors (Lipinski definition) is 0. The molecule has 4 heteroatoms. The van der Waals surface area contributed by atoms with Crippen LogP contribution in [0.1, 0.15) is 50.0 Å². The minimum atomic E-state index is 0.131. The molecule has 0 saturated carbocycles. The summed E-state index contributed by atoms with van der Waals surface area (Å²) in [5, 5.41) is 0.820. The summed E-state index contributed by atoms with van der Waals surface area (Å²) in [6, 6.07) is 0. The molecule has 0 saturated heterocycles. The topological polar surface area (TPSA) is 34.9 Å². The smallest absolute Gasteiger partial charge is 0.262 e. The van der Waals surface area contributed by atoms with E-state index in [0.29, 0.717) is 5.92 Å². The Balaban J connectivity index is 2.33. The molecule has 2 rings (SSSR count). The second kappa shape index (κ2) is 6.53. The van der Waals surface area contributed by atoms with Gasteiger partial charge in [-0.2, -0.15) is 0 Å². The molecule has 20 heavy (non-hydrogen) atoms. The van der Waals surface area contributed by atoms with Crippen LogP contribution in [-0.2, 0) is 6.54 Å². The summed E-state index contributed by atoms with van der Waals surface area (Å²) in [6.07, 6.45) is 6.49. The van der Waals surface area contributed by atoms with Crippen LogP contribution < -0.4 is 5.56 Å². The van der Waals surface area contributed by atoms with Crippen LogP contribution in [-0.4, -0.2) is 9.55 Å². The summed E-state index contributed by atoms with van der Waals surface area (Å²) in [5.74, 6) is 0.576. The lowest BCUT2D eigenvalue weighted by atomic mass is 9.99. The minimum Gasteiger partial charge on any atom is -0.298 e. The predicted octanol–water partition coefficient (Wildman–Crippen LogP) is 4.29. The fourth-order valence-electron chi connectivity index (χ4n) is 2.60. The fourth-order valence-corrected chi connectivity index (χ4v) is 3.58. The highest BCUT2D eigenvalue weighted by atomic mass is 32.1. The van der Waals surface area contributed by atoms with E-state index in [-0.39, 0.29) is 5.56 Å². The Morgan fingerprint density at radius 1 is 1.35 bits per heavy atom. The molecule has 0 aliphatic carbocycles. The molecule has 2 aromatic rings. The van der Waals surface area contributed by atoms with Gasteiger partial charge in [0.2, 0.25) is 0 Å². The van der Waals surface area contributed by atoms with E-state index in [1.54, 1.807) is 17.7 Å². The molecule has 2 heterocycles. The fraction of sp³-hybridized carbons (Fsp3) is 0.625.